The van der Waals surface area contributed by atoms with Gasteiger partial charge in [0.15, 0.2) is 0 Å². The van der Waals surface area contributed by atoms with Crippen molar-refractivity contribution >= 4 is 76.2 Å². The third kappa shape index (κ3) is 5.41. The molecule has 0 atom stereocenters. The van der Waals surface area contributed by atoms with Gasteiger partial charge in [-0.15, -0.1) is 0 Å². The molecule has 7 aromatic carbocycles. The number of benzene rings is 7. The van der Waals surface area contributed by atoms with Gasteiger partial charge in [-0.3, -0.25) is 0 Å². The first-order valence-electron chi connectivity index (χ1n) is 19.4. The SMILES string of the molecule is Cc1ccc(N(c2ccccc2)c2ccc3c(c2)C(C)(C)c2cc(-n4c5ccc([Si](C)(C)C)cc5c5cc([Si](C)(C)C)ccc54)c4ccccc4c2-3)cc1. The molecule has 1 heterocycles. The summed E-state index contributed by atoms with van der Waals surface area (Å²) in [6.45, 7) is 21.7. The molecule has 0 amide bonds. The van der Waals surface area contributed by atoms with E-state index in [4.69, 9.17) is 0 Å². The first-order chi connectivity index (χ1) is 25.7. The molecule has 1 aliphatic carbocycles. The van der Waals surface area contributed by atoms with Crippen LogP contribution < -0.4 is 15.3 Å². The van der Waals surface area contributed by atoms with Crippen molar-refractivity contribution in [1.82, 2.24) is 4.57 Å². The fraction of sp³-hybridized carbons (Fsp3) is 0.200. The lowest BCUT2D eigenvalue weighted by molar-refractivity contribution is 0.660. The summed E-state index contributed by atoms with van der Waals surface area (Å²) in [6.07, 6.45) is 0. The maximum Gasteiger partial charge on any atom is 0.0776 e. The second-order valence-electron chi connectivity index (χ2n) is 18.0. The lowest BCUT2D eigenvalue weighted by Crippen LogP contribution is -2.37. The van der Waals surface area contributed by atoms with E-state index in [1.54, 1.807) is 0 Å². The maximum absolute atomic E-state index is 2.58. The van der Waals surface area contributed by atoms with E-state index in [9.17, 15) is 0 Å². The van der Waals surface area contributed by atoms with Crippen molar-refractivity contribution in [2.45, 2.75) is 65.5 Å². The molecule has 0 spiro atoms. The predicted molar refractivity (Wildman–Crippen MR) is 241 cm³/mol. The highest BCUT2D eigenvalue weighted by atomic mass is 28.3. The topological polar surface area (TPSA) is 8.17 Å². The van der Waals surface area contributed by atoms with Crippen LogP contribution in [-0.4, -0.2) is 20.7 Å². The molecule has 1 aromatic heterocycles. The summed E-state index contributed by atoms with van der Waals surface area (Å²) in [5.41, 5.74) is 13.8. The Kier molecular flexibility index (Phi) is 7.80. The second-order valence-corrected chi connectivity index (χ2v) is 28.2. The van der Waals surface area contributed by atoms with Gasteiger partial charge in [-0.2, -0.15) is 0 Å². The number of para-hydroxylation sites is 1. The molecule has 0 fully saturated rings. The van der Waals surface area contributed by atoms with Crippen molar-refractivity contribution in [2.24, 2.45) is 0 Å². The summed E-state index contributed by atoms with van der Waals surface area (Å²) >= 11 is 0. The largest absolute Gasteiger partial charge is 0.310 e. The molecule has 9 rings (SSSR count). The van der Waals surface area contributed by atoms with E-state index in [0.29, 0.717) is 0 Å². The lowest BCUT2D eigenvalue weighted by Gasteiger charge is -2.28. The summed E-state index contributed by atoms with van der Waals surface area (Å²) in [6, 6.07) is 53.1. The Morgan fingerprint density at radius 2 is 1.02 bits per heavy atom. The van der Waals surface area contributed by atoms with Gasteiger partial charge < -0.3 is 9.47 Å². The Labute approximate surface area is 322 Å². The highest BCUT2D eigenvalue weighted by Gasteiger charge is 2.38. The first kappa shape index (κ1) is 34.6. The third-order valence-corrected chi connectivity index (χ3v) is 16.0. The highest BCUT2D eigenvalue weighted by Crippen LogP contribution is 2.54. The first-order valence-corrected chi connectivity index (χ1v) is 26.4. The molecule has 0 radical (unpaired) electrons. The van der Waals surface area contributed by atoms with E-state index < -0.39 is 16.1 Å². The van der Waals surface area contributed by atoms with Crippen LogP contribution in [0.4, 0.5) is 17.1 Å². The Bertz CT molecular complexity index is 2690. The lowest BCUT2D eigenvalue weighted by atomic mass is 9.81. The van der Waals surface area contributed by atoms with Gasteiger partial charge >= 0.3 is 0 Å². The van der Waals surface area contributed by atoms with Crippen LogP contribution >= 0.6 is 0 Å². The van der Waals surface area contributed by atoms with Crippen LogP contribution in [0.15, 0.2) is 140 Å². The Balaban J connectivity index is 1.29. The Morgan fingerprint density at radius 3 is 1.61 bits per heavy atom. The molecule has 54 heavy (non-hydrogen) atoms. The van der Waals surface area contributed by atoms with Crippen molar-refractivity contribution in [3.63, 3.8) is 0 Å². The number of anilines is 3. The zero-order chi connectivity index (χ0) is 37.7. The van der Waals surface area contributed by atoms with Gasteiger partial charge in [-0.25, -0.2) is 0 Å². The van der Waals surface area contributed by atoms with Gasteiger partial charge in [0.2, 0.25) is 0 Å². The molecule has 0 saturated heterocycles. The van der Waals surface area contributed by atoms with E-state index in [1.807, 2.05) is 0 Å². The zero-order valence-corrected chi connectivity index (χ0v) is 35.2. The van der Waals surface area contributed by atoms with E-state index in [-0.39, 0.29) is 5.41 Å². The van der Waals surface area contributed by atoms with Gasteiger partial charge in [-0.1, -0.05) is 154 Å². The number of hydrogen-bond donors (Lipinski definition) is 0. The van der Waals surface area contributed by atoms with E-state index in [0.717, 1.165) is 11.4 Å². The molecule has 2 nitrogen and oxygen atoms in total. The average Bonchev–Trinajstić information content (AvgIpc) is 3.59. The number of aryl methyl sites for hydroxylation is 1. The number of fused-ring (bicyclic) bond motifs is 8. The molecule has 0 unspecified atom stereocenters. The predicted octanol–water partition coefficient (Wildman–Crippen LogP) is 13.1. The second kappa shape index (κ2) is 12.2. The van der Waals surface area contributed by atoms with Gasteiger partial charge in [0.05, 0.1) is 32.9 Å². The fourth-order valence-corrected chi connectivity index (χ4v) is 11.1. The quantitative estimate of drug-likeness (QED) is 0.154. The van der Waals surface area contributed by atoms with Gasteiger partial charge in [0.1, 0.15) is 0 Å². The molecule has 8 aromatic rings. The molecule has 268 valence electrons. The van der Waals surface area contributed by atoms with Crippen molar-refractivity contribution in [2.75, 3.05) is 4.90 Å². The monoisotopic (exact) mass is 734 g/mol. The van der Waals surface area contributed by atoms with Crippen molar-refractivity contribution in [3.05, 3.63) is 156 Å². The number of rotatable bonds is 6. The van der Waals surface area contributed by atoms with Gasteiger partial charge in [0.25, 0.3) is 0 Å². The van der Waals surface area contributed by atoms with Gasteiger partial charge in [0, 0.05) is 38.6 Å². The number of aromatic nitrogens is 1. The van der Waals surface area contributed by atoms with Crippen LogP contribution in [0.1, 0.15) is 30.5 Å². The van der Waals surface area contributed by atoms with Crippen LogP contribution in [0.2, 0.25) is 39.3 Å². The van der Waals surface area contributed by atoms with Crippen molar-refractivity contribution < 1.29 is 0 Å². The normalized spacial score (nSPS) is 13.8. The van der Waals surface area contributed by atoms with Crippen molar-refractivity contribution in [1.29, 1.82) is 0 Å². The molecule has 0 aliphatic heterocycles. The van der Waals surface area contributed by atoms with E-state index in [1.165, 1.54) is 82.1 Å². The smallest absolute Gasteiger partial charge is 0.0776 e. The van der Waals surface area contributed by atoms with E-state index >= 15 is 0 Å². The minimum Gasteiger partial charge on any atom is -0.310 e. The average molecular weight is 735 g/mol. The van der Waals surface area contributed by atoms with Crippen LogP contribution in [-0.2, 0) is 5.41 Å². The molecule has 0 bridgehead atoms. The molecule has 1 aliphatic rings. The molecular formula is C50H50N2Si2. The summed E-state index contributed by atoms with van der Waals surface area (Å²) in [5, 5.41) is 8.37. The zero-order valence-electron chi connectivity index (χ0n) is 33.2. The molecular weight excluding hydrogens is 685 g/mol. The molecule has 4 heteroatoms. The molecule has 0 saturated carbocycles. The maximum atomic E-state index is 2.58. The Hall–Kier alpha value is -5.17. The van der Waals surface area contributed by atoms with E-state index in [2.05, 4.69) is 209 Å². The summed E-state index contributed by atoms with van der Waals surface area (Å²) < 4.78 is 2.58. The van der Waals surface area contributed by atoms with Crippen molar-refractivity contribution in [3.8, 4) is 16.8 Å². The third-order valence-electron chi connectivity index (χ3n) is 11.9. The van der Waals surface area contributed by atoms with Crippen LogP contribution in [0, 0.1) is 6.92 Å². The summed E-state index contributed by atoms with van der Waals surface area (Å²) in [7, 11) is -3.07. The molecule has 0 N–H and O–H groups in total. The van der Waals surface area contributed by atoms with Crippen LogP contribution in [0.3, 0.4) is 0 Å². The minimum atomic E-state index is -1.53. The minimum absolute atomic E-state index is 0.218. The van der Waals surface area contributed by atoms with Gasteiger partial charge in [-0.05, 0) is 89.2 Å². The summed E-state index contributed by atoms with van der Waals surface area (Å²) in [4.78, 5) is 2.39. The highest BCUT2D eigenvalue weighted by molar-refractivity contribution is 6.89. The fourth-order valence-electron chi connectivity index (χ4n) is 8.81. The standard InChI is InChI=1S/C50H50N2Si2/c1-33-19-21-35(22-20-33)51(34-15-11-10-12-16-34)36-23-26-41-44(29-36)50(2,3)45-32-48(39-17-13-14-18-40(39)49(41)45)52-46-27-24-37(53(4,5)6)30-42(46)43-31-38(54(7,8)9)25-28-47(43)52/h10-32H,1-9H3. The summed E-state index contributed by atoms with van der Waals surface area (Å²) in [5.74, 6) is 0. The number of nitrogens with zero attached hydrogens (tertiary/aromatic N) is 2. The number of hydrogen-bond acceptors (Lipinski definition) is 1. The van der Waals surface area contributed by atoms with Crippen LogP contribution in [0.5, 0.6) is 0 Å². The Morgan fingerprint density at radius 1 is 0.481 bits per heavy atom. The van der Waals surface area contributed by atoms with Crippen LogP contribution in [0.25, 0.3) is 49.4 Å².